The number of hydrogen-bond acceptors (Lipinski definition) is 5. The minimum atomic E-state index is -0.344. The molecule has 5 nitrogen and oxygen atoms in total. The van der Waals surface area contributed by atoms with Crippen LogP contribution in [0.5, 0.6) is 0 Å². The lowest BCUT2D eigenvalue weighted by molar-refractivity contribution is -0.140. The molecule has 232 valence electrons. The van der Waals surface area contributed by atoms with E-state index in [1.54, 1.807) is 6.92 Å². The first-order valence-electron chi connectivity index (χ1n) is 15.4. The second-order valence-electron chi connectivity index (χ2n) is 12.1. The van der Waals surface area contributed by atoms with Crippen molar-refractivity contribution in [2.24, 2.45) is 29.6 Å². The number of carbonyl (C=O) groups is 3. The van der Waals surface area contributed by atoms with E-state index in [4.69, 9.17) is 9.47 Å². The van der Waals surface area contributed by atoms with E-state index in [1.807, 2.05) is 74.5 Å². The molecule has 0 radical (unpaired) electrons. The first kappa shape index (κ1) is 35.6. The SMILES string of the molecule is C=C(C)C(=O)OCc1ccccc1.CC(C)=C/C=C/[C@@H](C)C1CC[C@H](C)C(=O)C1CC(C)C(=O)COCc1ccccc1. The summed E-state index contributed by atoms with van der Waals surface area (Å²) in [6.07, 6.45) is 9.04. The Morgan fingerprint density at radius 3 is 2.07 bits per heavy atom. The van der Waals surface area contributed by atoms with Gasteiger partial charge in [-0.2, -0.15) is 0 Å². The summed E-state index contributed by atoms with van der Waals surface area (Å²) in [7, 11) is 0. The topological polar surface area (TPSA) is 69.7 Å². The molecule has 0 spiro atoms. The van der Waals surface area contributed by atoms with E-state index in [0.29, 0.717) is 42.8 Å². The van der Waals surface area contributed by atoms with Crippen LogP contribution >= 0.6 is 0 Å². The van der Waals surface area contributed by atoms with Crippen molar-refractivity contribution >= 4 is 17.5 Å². The zero-order chi connectivity index (χ0) is 31.8. The van der Waals surface area contributed by atoms with Crippen molar-refractivity contribution in [2.45, 2.75) is 74.0 Å². The van der Waals surface area contributed by atoms with Crippen molar-refractivity contribution in [2.75, 3.05) is 6.61 Å². The fourth-order valence-electron chi connectivity index (χ4n) is 5.19. The van der Waals surface area contributed by atoms with Gasteiger partial charge in [-0.1, -0.05) is 112 Å². The van der Waals surface area contributed by atoms with Gasteiger partial charge in [-0.05, 0) is 63.0 Å². The second-order valence-corrected chi connectivity index (χ2v) is 12.1. The van der Waals surface area contributed by atoms with Gasteiger partial charge in [0.25, 0.3) is 0 Å². The first-order valence-corrected chi connectivity index (χ1v) is 15.4. The highest BCUT2D eigenvalue weighted by Gasteiger charge is 2.39. The molecule has 1 saturated carbocycles. The van der Waals surface area contributed by atoms with Crippen LogP contribution in [-0.4, -0.2) is 24.1 Å². The van der Waals surface area contributed by atoms with Crippen LogP contribution in [0.2, 0.25) is 0 Å². The average molecular weight is 587 g/mol. The highest BCUT2D eigenvalue weighted by Crippen LogP contribution is 2.39. The van der Waals surface area contributed by atoms with Gasteiger partial charge in [0.1, 0.15) is 19.0 Å². The summed E-state index contributed by atoms with van der Waals surface area (Å²) < 4.78 is 10.6. The molecule has 2 aromatic carbocycles. The number of rotatable bonds is 13. The molecule has 5 heteroatoms. The summed E-state index contributed by atoms with van der Waals surface area (Å²) in [5, 5.41) is 0. The Morgan fingerprint density at radius 1 is 0.930 bits per heavy atom. The Balaban J connectivity index is 0.000000413. The predicted molar refractivity (Wildman–Crippen MR) is 174 cm³/mol. The van der Waals surface area contributed by atoms with Crippen LogP contribution in [0.25, 0.3) is 0 Å². The summed E-state index contributed by atoms with van der Waals surface area (Å²) >= 11 is 0. The van der Waals surface area contributed by atoms with Gasteiger partial charge in [-0.15, -0.1) is 0 Å². The normalized spacial score (nSPS) is 19.5. The molecule has 0 N–H and O–H groups in total. The van der Waals surface area contributed by atoms with Gasteiger partial charge in [0, 0.05) is 23.3 Å². The molecule has 0 amide bonds. The van der Waals surface area contributed by atoms with Gasteiger partial charge in [0.2, 0.25) is 0 Å². The maximum atomic E-state index is 13.0. The van der Waals surface area contributed by atoms with E-state index in [2.05, 4.69) is 45.6 Å². The Hall–Kier alpha value is -3.57. The number of carbonyl (C=O) groups excluding carboxylic acids is 3. The third kappa shape index (κ3) is 13.1. The Labute approximate surface area is 259 Å². The zero-order valence-electron chi connectivity index (χ0n) is 26.9. The van der Waals surface area contributed by atoms with Crippen molar-refractivity contribution in [1.29, 1.82) is 0 Å². The van der Waals surface area contributed by atoms with Gasteiger partial charge < -0.3 is 9.47 Å². The summed E-state index contributed by atoms with van der Waals surface area (Å²) in [6.45, 7) is 16.3. The molecule has 0 heterocycles. The molecule has 0 aromatic heterocycles. The molecule has 2 aromatic rings. The van der Waals surface area contributed by atoms with Crippen molar-refractivity contribution < 1.29 is 23.9 Å². The Bertz CT molecular complexity index is 1220. The van der Waals surface area contributed by atoms with Crippen LogP contribution in [0.1, 0.15) is 71.9 Å². The molecule has 1 aliphatic carbocycles. The highest BCUT2D eigenvalue weighted by atomic mass is 16.5. The molecule has 1 fully saturated rings. The predicted octanol–water partition coefficient (Wildman–Crippen LogP) is 8.49. The minimum Gasteiger partial charge on any atom is -0.457 e. The molecule has 0 saturated heterocycles. The maximum Gasteiger partial charge on any atom is 0.333 e. The number of esters is 1. The lowest BCUT2D eigenvalue weighted by Crippen LogP contribution is -2.38. The van der Waals surface area contributed by atoms with Crippen molar-refractivity contribution in [3.05, 3.63) is 108 Å². The van der Waals surface area contributed by atoms with Crippen LogP contribution in [0.3, 0.4) is 0 Å². The van der Waals surface area contributed by atoms with E-state index in [9.17, 15) is 14.4 Å². The standard InChI is InChI=1S/C27H38O3.C11H12O2/c1-19(2)10-9-11-20(3)24-15-14-21(4)27(29)25(24)16-22(5)26(28)18-30-17-23-12-7-6-8-13-23;1-9(2)11(12)13-8-10-6-4-3-5-7-10/h6-13,20-22,24-25H,14-18H2,1-5H3;3-7H,1,8H2,2H3/b11-9+;/t20-,21+,22?,24?,25?;/m1./s1. The van der Waals surface area contributed by atoms with Crippen LogP contribution in [-0.2, 0) is 37.1 Å². The van der Waals surface area contributed by atoms with Gasteiger partial charge >= 0.3 is 5.97 Å². The molecule has 0 aliphatic heterocycles. The molecule has 0 bridgehead atoms. The Kier molecular flexibility index (Phi) is 15.6. The number of allylic oxidation sites excluding steroid dienone is 4. The minimum absolute atomic E-state index is 0.0480. The van der Waals surface area contributed by atoms with E-state index in [-0.39, 0.29) is 36.1 Å². The number of Topliss-reactive ketones (excluding diaryl/α,β-unsaturated/α-hetero) is 2. The average Bonchev–Trinajstić information content (AvgIpc) is 2.99. The molecule has 5 atom stereocenters. The third-order valence-corrected chi connectivity index (χ3v) is 7.89. The van der Waals surface area contributed by atoms with Gasteiger partial charge in [-0.25, -0.2) is 4.79 Å². The first-order chi connectivity index (χ1) is 20.5. The quantitative estimate of drug-likeness (QED) is 0.134. The molecular formula is C38H50O5. The van der Waals surface area contributed by atoms with Gasteiger partial charge in [-0.3, -0.25) is 9.59 Å². The maximum absolute atomic E-state index is 13.0. The summed E-state index contributed by atoms with van der Waals surface area (Å²) in [5.41, 5.74) is 3.73. The number of ether oxygens (including phenoxy) is 2. The molecule has 3 unspecified atom stereocenters. The third-order valence-electron chi connectivity index (χ3n) is 7.89. The van der Waals surface area contributed by atoms with Gasteiger partial charge in [0.05, 0.1) is 6.61 Å². The van der Waals surface area contributed by atoms with E-state index in [0.717, 1.165) is 24.0 Å². The van der Waals surface area contributed by atoms with Crippen LogP contribution in [0, 0.1) is 29.6 Å². The van der Waals surface area contributed by atoms with Crippen molar-refractivity contribution in [3.63, 3.8) is 0 Å². The monoisotopic (exact) mass is 586 g/mol. The lowest BCUT2D eigenvalue weighted by atomic mass is 9.66. The van der Waals surface area contributed by atoms with Crippen LogP contribution in [0.15, 0.2) is 96.6 Å². The summed E-state index contributed by atoms with van der Waals surface area (Å²) in [5.74, 6) is 0.571. The number of hydrogen-bond donors (Lipinski definition) is 0. The van der Waals surface area contributed by atoms with E-state index < -0.39 is 0 Å². The summed E-state index contributed by atoms with van der Waals surface area (Å²) in [6, 6.07) is 19.4. The fourth-order valence-corrected chi connectivity index (χ4v) is 5.19. The summed E-state index contributed by atoms with van der Waals surface area (Å²) in [4.78, 5) is 36.7. The van der Waals surface area contributed by atoms with E-state index in [1.165, 1.54) is 5.57 Å². The number of ketones is 2. The smallest absolute Gasteiger partial charge is 0.333 e. The van der Waals surface area contributed by atoms with Crippen molar-refractivity contribution in [3.8, 4) is 0 Å². The lowest BCUT2D eigenvalue weighted by Gasteiger charge is -2.37. The fraction of sp³-hybridized carbons (Fsp3) is 0.447. The molecular weight excluding hydrogens is 536 g/mol. The molecule has 43 heavy (non-hydrogen) atoms. The van der Waals surface area contributed by atoms with Crippen LogP contribution < -0.4 is 0 Å². The van der Waals surface area contributed by atoms with Crippen LogP contribution in [0.4, 0.5) is 0 Å². The van der Waals surface area contributed by atoms with E-state index >= 15 is 0 Å². The van der Waals surface area contributed by atoms with Crippen molar-refractivity contribution in [1.82, 2.24) is 0 Å². The zero-order valence-corrected chi connectivity index (χ0v) is 26.9. The molecule has 1 aliphatic rings. The number of benzene rings is 2. The van der Waals surface area contributed by atoms with Gasteiger partial charge in [0.15, 0.2) is 5.78 Å². The highest BCUT2D eigenvalue weighted by molar-refractivity contribution is 5.87. The molecule has 3 rings (SSSR count). The Morgan fingerprint density at radius 2 is 1.51 bits per heavy atom. The second kappa shape index (κ2) is 18.9. The largest absolute Gasteiger partial charge is 0.457 e.